The van der Waals surface area contributed by atoms with Gasteiger partial charge in [-0.25, -0.2) is 4.79 Å². The highest BCUT2D eigenvalue weighted by atomic mass is 16.5. The Hall–Kier alpha value is -3.40. The van der Waals surface area contributed by atoms with Crippen LogP contribution in [0.3, 0.4) is 0 Å². The van der Waals surface area contributed by atoms with E-state index in [0.717, 1.165) is 46.0 Å². The Labute approximate surface area is 175 Å². The van der Waals surface area contributed by atoms with Gasteiger partial charge in [-0.3, -0.25) is 4.79 Å². The molecule has 4 heteroatoms. The van der Waals surface area contributed by atoms with Crippen molar-refractivity contribution in [3.05, 3.63) is 77.4 Å². The number of hydrogen-bond acceptors (Lipinski definition) is 3. The maximum atomic E-state index is 13.4. The third-order valence-corrected chi connectivity index (χ3v) is 6.13. The van der Waals surface area contributed by atoms with Crippen molar-refractivity contribution in [2.24, 2.45) is 0 Å². The average molecular weight is 397 g/mol. The number of fused-ring (bicyclic) bond motifs is 4. The lowest BCUT2D eigenvalue weighted by atomic mass is 9.82. The standard InChI is InChI=1S/C26H23NO3/c1-3-4-13-21-24(23-18-11-7-8-12-20(18)27(2)25(23)28)22-17-10-6-5-9-16(17)14-15-19(22)26(29)30-21/h5-12,14-15,21H,3-4,13H2,1-2H3/b24-23+. The van der Waals surface area contributed by atoms with E-state index in [2.05, 4.69) is 6.92 Å². The van der Waals surface area contributed by atoms with Gasteiger partial charge in [-0.05, 0) is 35.7 Å². The summed E-state index contributed by atoms with van der Waals surface area (Å²) in [5.41, 5.74) is 4.66. The van der Waals surface area contributed by atoms with E-state index < -0.39 is 6.10 Å². The van der Waals surface area contributed by atoms with Crippen LogP contribution in [0.5, 0.6) is 0 Å². The lowest BCUT2D eigenvalue weighted by Gasteiger charge is -2.30. The van der Waals surface area contributed by atoms with Crippen LogP contribution in [0.1, 0.15) is 47.7 Å². The normalized spacial score (nSPS) is 20.3. The van der Waals surface area contributed by atoms with Crippen LogP contribution in [-0.2, 0) is 9.53 Å². The summed E-state index contributed by atoms with van der Waals surface area (Å²) in [7, 11) is 1.80. The lowest BCUT2D eigenvalue weighted by Crippen LogP contribution is -2.30. The molecule has 0 saturated heterocycles. The molecular weight excluding hydrogens is 374 g/mol. The van der Waals surface area contributed by atoms with Gasteiger partial charge in [-0.15, -0.1) is 0 Å². The number of esters is 1. The summed E-state index contributed by atoms with van der Waals surface area (Å²) in [4.78, 5) is 28.0. The van der Waals surface area contributed by atoms with Crippen LogP contribution in [0.15, 0.2) is 60.7 Å². The molecule has 30 heavy (non-hydrogen) atoms. The summed E-state index contributed by atoms with van der Waals surface area (Å²) >= 11 is 0. The van der Waals surface area contributed by atoms with Gasteiger partial charge in [0.15, 0.2) is 0 Å². The van der Waals surface area contributed by atoms with Crippen LogP contribution < -0.4 is 4.90 Å². The number of unbranched alkanes of at least 4 members (excludes halogenated alkanes) is 1. The van der Waals surface area contributed by atoms with Gasteiger partial charge < -0.3 is 9.64 Å². The smallest absolute Gasteiger partial charge is 0.339 e. The zero-order valence-corrected chi connectivity index (χ0v) is 17.1. The predicted molar refractivity (Wildman–Crippen MR) is 119 cm³/mol. The average Bonchev–Trinajstić information content (AvgIpc) is 3.02. The van der Waals surface area contributed by atoms with Crippen molar-refractivity contribution in [1.82, 2.24) is 0 Å². The molecule has 2 aliphatic heterocycles. The third kappa shape index (κ3) is 2.67. The molecule has 2 aliphatic rings. The second-order valence-corrected chi connectivity index (χ2v) is 7.92. The minimum atomic E-state index is -0.436. The Morgan fingerprint density at radius 2 is 1.70 bits per heavy atom. The number of nitrogens with zero attached hydrogens (tertiary/aromatic N) is 1. The minimum Gasteiger partial charge on any atom is -0.454 e. The number of amides is 1. The molecule has 2 heterocycles. The van der Waals surface area contributed by atoms with Gasteiger partial charge in [0, 0.05) is 23.7 Å². The van der Waals surface area contributed by atoms with E-state index in [-0.39, 0.29) is 11.9 Å². The second kappa shape index (κ2) is 7.13. The van der Waals surface area contributed by atoms with Crippen molar-refractivity contribution in [2.45, 2.75) is 32.3 Å². The first kappa shape index (κ1) is 18.6. The lowest BCUT2D eigenvalue weighted by molar-refractivity contribution is -0.112. The molecule has 0 fully saturated rings. The molecule has 0 radical (unpaired) electrons. The molecule has 1 atom stereocenters. The number of cyclic esters (lactones) is 1. The molecule has 5 rings (SSSR count). The molecular formula is C26H23NO3. The number of likely N-dealkylation sites (N-methyl/N-ethyl adjacent to an activating group) is 1. The number of rotatable bonds is 3. The van der Waals surface area contributed by atoms with E-state index in [1.54, 1.807) is 11.9 Å². The monoisotopic (exact) mass is 397 g/mol. The molecule has 4 nitrogen and oxygen atoms in total. The number of anilines is 1. The molecule has 0 bridgehead atoms. The van der Waals surface area contributed by atoms with Crippen LogP contribution >= 0.6 is 0 Å². The molecule has 0 N–H and O–H groups in total. The van der Waals surface area contributed by atoms with Crippen molar-refractivity contribution >= 4 is 39.5 Å². The molecule has 0 aliphatic carbocycles. The molecule has 3 aromatic carbocycles. The maximum absolute atomic E-state index is 13.4. The van der Waals surface area contributed by atoms with Gasteiger partial charge in [0.2, 0.25) is 0 Å². The first-order valence-electron chi connectivity index (χ1n) is 10.5. The Kier molecular flexibility index (Phi) is 4.43. The number of ether oxygens (including phenoxy) is 1. The summed E-state index contributed by atoms with van der Waals surface area (Å²) in [5, 5.41) is 2.03. The highest BCUT2D eigenvalue weighted by Crippen LogP contribution is 2.46. The highest BCUT2D eigenvalue weighted by molar-refractivity contribution is 6.39. The van der Waals surface area contributed by atoms with Crippen LogP contribution in [0.2, 0.25) is 0 Å². The largest absolute Gasteiger partial charge is 0.454 e. The van der Waals surface area contributed by atoms with E-state index in [4.69, 9.17) is 4.74 Å². The van der Waals surface area contributed by atoms with Gasteiger partial charge in [-0.2, -0.15) is 0 Å². The Morgan fingerprint density at radius 1 is 0.933 bits per heavy atom. The minimum absolute atomic E-state index is 0.0514. The molecule has 0 spiro atoms. The molecule has 150 valence electrons. The Morgan fingerprint density at radius 3 is 2.53 bits per heavy atom. The molecule has 0 saturated carbocycles. The summed E-state index contributed by atoms with van der Waals surface area (Å²) < 4.78 is 5.92. The predicted octanol–water partition coefficient (Wildman–Crippen LogP) is 5.46. The summed E-state index contributed by atoms with van der Waals surface area (Å²) in [5.74, 6) is -0.363. The maximum Gasteiger partial charge on any atom is 0.339 e. The van der Waals surface area contributed by atoms with Gasteiger partial charge in [0.25, 0.3) is 5.91 Å². The second-order valence-electron chi connectivity index (χ2n) is 7.92. The number of benzene rings is 3. The number of carbonyl (C=O) groups excluding carboxylic acids is 2. The van der Waals surface area contributed by atoms with Crippen molar-refractivity contribution < 1.29 is 14.3 Å². The van der Waals surface area contributed by atoms with Crippen molar-refractivity contribution in [3.63, 3.8) is 0 Å². The summed E-state index contributed by atoms with van der Waals surface area (Å²) in [6, 6.07) is 19.6. The van der Waals surface area contributed by atoms with Crippen LogP contribution in [0.25, 0.3) is 21.9 Å². The molecule has 3 aromatic rings. The fourth-order valence-corrected chi connectivity index (χ4v) is 4.65. The summed E-state index contributed by atoms with van der Waals surface area (Å²) in [6.45, 7) is 2.12. The Bertz CT molecular complexity index is 1220. The third-order valence-electron chi connectivity index (χ3n) is 6.13. The SMILES string of the molecule is CCCCC1OC(=O)c2ccc3ccccc3c2/C1=C1/C(=O)N(C)c2ccccc21. The first-order valence-corrected chi connectivity index (χ1v) is 10.5. The fraction of sp³-hybridized carbons (Fsp3) is 0.231. The van der Waals surface area contributed by atoms with E-state index in [9.17, 15) is 9.59 Å². The van der Waals surface area contributed by atoms with E-state index in [0.29, 0.717) is 17.6 Å². The van der Waals surface area contributed by atoms with Crippen LogP contribution in [0, 0.1) is 0 Å². The van der Waals surface area contributed by atoms with Crippen LogP contribution in [-0.4, -0.2) is 25.0 Å². The van der Waals surface area contributed by atoms with Gasteiger partial charge in [0.1, 0.15) is 6.10 Å². The summed E-state index contributed by atoms with van der Waals surface area (Å²) in [6.07, 6.45) is 2.17. The number of para-hydroxylation sites is 1. The first-order chi connectivity index (χ1) is 14.6. The fourth-order valence-electron chi connectivity index (χ4n) is 4.65. The Balaban J connectivity index is 1.89. The number of hydrogen-bond donors (Lipinski definition) is 0. The van der Waals surface area contributed by atoms with Crippen molar-refractivity contribution in [3.8, 4) is 0 Å². The quantitative estimate of drug-likeness (QED) is 0.436. The van der Waals surface area contributed by atoms with Gasteiger partial charge in [0.05, 0.1) is 16.8 Å². The highest BCUT2D eigenvalue weighted by Gasteiger charge is 2.40. The van der Waals surface area contributed by atoms with Crippen molar-refractivity contribution in [1.29, 1.82) is 0 Å². The topological polar surface area (TPSA) is 46.6 Å². The van der Waals surface area contributed by atoms with Gasteiger partial charge in [-0.1, -0.05) is 61.9 Å². The van der Waals surface area contributed by atoms with Crippen molar-refractivity contribution in [2.75, 3.05) is 11.9 Å². The number of carbonyl (C=O) groups is 2. The van der Waals surface area contributed by atoms with E-state index in [1.165, 1.54) is 0 Å². The zero-order chi connectivity index (χ0) is 20.8. The molecule has 1 unspecified atom stereocenters. The zero-order valence-electron chi connectivity index (χ0n) is 17.1. The molecule has 1 amide bonds. The molecule has 0 aromatic heterocycles. The van der Waals surface area contributed by atoms with E-state index in [1.807, 2.05) is 60.7 Å². The van der Waals surface area contributed by atoms with Crippen LogP contribution in [0.4, 0.5) is 5.69 Å². The van der Waals surface area contributed by atoms with Gasteiger partial charge >= 0.3 is 5.97 Å². The van der Waals surface area contributed by atoms with E-state index >= 15 is 0 Å².